The first-order valence-corrected chi connectivity index (χ1v) is 6.67. The van der Waals surface area contributed by atoms with E-state index in [0.29, 0.717) is 17.0 Å². The maximum absolute atomic E-state index is 11.2. The molecule has 3 aromatic rings. The number of hydrogen-bond donors (Lipinski definition) is 2. The van der Waals surface area contributed by atoms with E-state index in [1.807, 2.05) is 0 Å². The molecule has 9 heteroatoms. The smallest absolute Gasteiger partial charge is 0.422 e. The van der Waals surface area contributed by atoms with Crippen LogP contribution in [0.15, 0.2) is 41.1 Å². The van der Waals surface area contributed by atoms with Gasteiger partial charge in [-0.1, -0.05) is 11.2 Å². The Bertz CT molecular complexity index is 922. The molecule has 2 amide bonds. The Morgan fingerprint density at radius 3 is 2.62 bits per heavy atom. The third kappa shape index (κ3) is 2.47. The van der Waals surface area contributed by atoms with Crippen molar-refractivity contribution < 1.29 is 29.1 Å². The van der Waals surface area contributed by atoms with Gasteiger partial charge in [0.1, 0.15) is 0 Å². The predicted octanol–water partition coefficient (Wildman–Crippen LogP) is 3.06. The van der Waals surface area contributed by atoms with Crippen LogP contribution in [-0.4, -0.2) is 39.6 Å². The highest BCUT2D eigenvalue weighted by Gasteiger charge is 2.28. The topological polar surface area (TPSA) is 126 Å². The summed E-state index contributed by atoms with van der Waals surface area (Å²) >= 11 is 0. The Morgan fingerprint density at radius 2 is 1.96 bits per heavy atom. The largest absolute Gasteiger partial charge is 0.481 e. The number of amides is 2. The molecule has 24 heavy (non-hydrogen) atoms. The highest BCUT2D eigenvalue weighted by Crippen LogP contribution is 2.33. The molecule has 0 spiro atoms. The highest BCUT2D eigenvalue weighted by atomic mass is 16.5. The van der Waals surface area contributed by atoms with Crippen molar-refractivity contribution in [2.45, 2.75) is 0 Å². The summed E-state index contributed by atoms with van der Waals surface area (Å²) < 4.78 is 10.2. The zero-order valence-electron chi connectivity index (χ0n) is 12.3. The van der Waals surface area contributed by atoms with Gasteiger partial charge < -0.3 is 19.5 Å². The molecule has 0 aliphatic carbocycles. The minimum absolute atomic E-state index is 0.0933. The van der Waals surface area contributed by atoms with Crippen LogP contribution in [0.25, 0.3) is 22.1 Å². The second kappa shape index (κ2) is 5.88. The van der Waals surface area contributed by atoms with Crippen LogP contribution in [-0.2, 0) is 0 Å². The average molecular weight is 329 g/mol. The van der Waals surface area contributed by atoms with E-state index in [1.165, 1.54) is 7.11 Å². The minimum atomic E-state index is -1.68. The van der Waals surface area contributed by atoms with Crippen molar-refractivity contribution in [3.05, 3.63) is 36.5 Å². The van der Waals surface area contributed by atoms with Crippen molar-refractivity contribution in [1.29, 1.82) is 0 Å². The third-order valence-corrected chi connectivity index (χ3v) is 3.32. The molecule has 2 heterocycles. The number of rotatable bonds is 3. The molecular weight excluding hydrogens is 318 g/mol. The first-order valence-electron chi connectivity index (χ1n) is 6.67. The van der Waals surface area contributed by atoms with Crippen LogP contribution >= 0.6 is 0 Å². The van der Waals surface area contributed by atoms with Crippen LogP contribution in [0.5, 0.6) is 5.88 Å². The summed E-state index contributed by atoms with van der Waals surface area (Å²) in [4.78, 5) is 26.5. The number of carbonyl (C=O) groups is 2. The number of hydrogen-bond acceptors (Lipinski definition) is 6. The maximum atomic E-state index is 11.2. The summed E-state index contributed by atoms with van der Waals surface area (Å²) in [6.07, 6.45) is -1.79. The summed E-state index contributed by atoms with van der Waals surface area (Å²) in [5.74, 6) is 0.0536. The average Bonchev–Trinajstić information content (AvgIpc) is 2.97. The molecule has 2 N–H and O–H groups in total. The van der Waals surface area contributed by atoms with Crippen molar-refractivity contribution in [2.24, 2.45) is 0 Å². The van der Waals surface area contributed by atoms with E-state index in [2.05, 4.69) is 10.1 Å². The molecular formula is C15H11N3O6. The summed E-state index contributed by atoms with van der Waals surface area (Å²) in [7, 11) is 1.48. The van der Waals surface area contributed by atoms with Gasteiger partial charge in [0, 0.05) is 11.8 Å². The summed E-state index contributed by atoms with van der Waals surface area (Å²) in [6, 6.07) is 8.33. The van der Waals surface area contributed by atoms with Gasteiger partial charge in [-0.2, -0.15) is 4.90 Å². The number of carboxylic acid groups (broad SMARTS) is 2. The minimum Gasteiger partial charge on any atom is -0.481 e. The Morgan fingerprint density at radius 1 is 1.21 bits per heavy atom. The number of fused-ring (bicyclic) bond motifs is 1. The van der Waals surface area contributed by atoms with Gasteiger partial charge in [0.05, 0.1) is 12.5 Å². The Kier molecular flexibility index (Phi) is 3.74. The van der Waals surface area contributed by atoms with Crippen LogP contribution in [0.3, 0.4) is 0 Å². The molecule has 0 aliphatic heterocycles. The number of benzene rings is 1. The number of anilines is 1. The lowest BCUT2D eigenvalue weighted by molar-refractivity contribution is 0.183. The van der Waals surface area contributed by atoms with E-state index in [4.69, 9.17) is 19.5 Å². The normalized spacial score (nSPS) is 10.5. The van der Waals surface area contributed by atoms with Crippen LogP contribution in [0.4, 0.5) is 15.4 Å². The molecule has 0 unspecified atom stereocenters. The molecule has 0 saturated carbocycles. The Balaban J connectivity index is 2.19. The molecule has 0 radical (unpaired) electrons. The number of imide groups is 1. The molecule has 9 nitrogen and oxygen atoms in total. The van der Waals surface area contributed by atoms with Crippen molar-refractivity contribution in [2.75, 3.05) is 12.0 Å². The summed E-state index contributed by atoms with van der Waals surface area (Å²) in [5.41, 5.74) is 1.56. The molecule has 2 aromatic heterocycles. The second-order valence-corrected chi connectivity index (χ2v) is 4.68. The van der Waals surface area contributed by atoms with Crippen LogP contribution in [0.1, 0.15) is 0 Å². The van der Waals surface area contributed by atoms with Gasteiger partial charge in [-0.25, -0.2) is 14.6 Å². The number of nitrogens with zero attached hydrogens (tertiary/aromatic N) is 3. The molecule has 0 fully saturated rings. The van der Waals surface area contributed by atoms with Crippen molar-refractivity contribution in [1.82, 2.24) is 10.1 Å². The predicted molar refractivity (Wildman–Crippen MR) is 82.3 cm³/mol. The summed E-state index contributed by atoms with van der Waals surface area (Å²) in [6.45, 7) is 0. The monoisotopic (exact) mass is 329 g/mol. The first-order chi connectivity index (χ1) is 11.5. The zero-order chi connectivity index (χ0) is 17.3. The first kappa shape index (κ1) is 15.3. The quantitative estimate of drug-likeness (QED) is 0.750. The molecule has 1 aromatic carbocycles. The number of pyridine rings is 1. The lowest BCUT2D eigenvalue weighted by Crippen LogP contribution is -2.34. The number of aromatic nitrogens is 2. The lowest BCUT2D eigenvalue weighted by atomic mass is 10.1. The molecule has 0 saturated heterocycles. The lowest BCUT2D eigenvalue weighted by Gasteiger charge is -2.10. The Labute approximate surface area is 134 Å². The van der Waals surface area contributed by atoms with E-state index in [1.54, 1.807) is 36.5 Å². The van der Waals surface area contributed by atoms with Gasteiger partial charge in [0.15, 0.2) is 11.4 Å². The van der Waals surface area contributed by atoms with Gasteiger partial charge in [0.25, 0.3) is 0 Å². The maximum Gasteiger partial charge on any atom is 0.422 e. The fourth-order valence-corrected chi connectivity index (χ4v) is 2.29. The zero-order valence-corrected chi connectivity index (χ0v) is 12.3. The van der Waals surface area contributed by atoms with Gasteiger partial charge in [-0.15, -0.1) is 0 Å². The Hall–Kier alpha value is -3.62. The van der Waals surface area contributed by atoms with Gasteiger partial charge in [0.2, 0.25) is 5.88 Å². The van der Waals surface area contributed by atoms with Crippen LogP contribution in [0.2, 0.25) is 0 Å². The SMILES string of the molecule is COc1ncccc1-c1ccc2onc(N(C(=O)O)C(=O)O)c2c1. The van der Waals surface area contributed by atoms with E-state index < -0.39 is 12.2 Å². The molecule has 0 bridgehead atoms. The fourth-order valence-electron chi connectivity index (χ4n) is 2.29. The fraction of sp³-hybridized carbons (Fsp3) is 0.0667. The van der Waals surface area contributed by atoms with E-state index in [9.17, 15) is 9.59 Å². The molecule has 122 valence electrons. The van der Waals surface area contributed by atoms with Crippen LogP contribution in [0, 0.1) is 0 Å². The van der Waals surface area contributed by atoms with Gasteiger partial charge >= 0.3 is 12.2 Å². The van der Waals surface area contributed by atoms with Gasteiger partial charge in [-0.05, 0) is 29.8 Å². The van der Waals surface area contributed by atoms with Gasteiger partial charge in [-0.3, -0.25) is 0 Å². The highest BCUT2D eigenvalue weighted by molar-refractivity contribution is 6.12. The second-order valence-electron chi connectivity index (χ2n) is 4.68. The number of methoxy groups -OCH3 is 1. The summed E-state index contributed by atoms with van der Waals surface area (Å²) in [5, 5.41) is 22.0. The third-order valence-electron chi connectivity index (χ3n) is 3.32. The van der Waals surface area contributed by atoms with E-state index in [-0.39, 0.29) is 21.7 Å². The van der Waals surface area contributed by atoms with Crippen molar-refractivity contribution in [3.8, 4) is 17.0 Å². The van der Waals surface area contributed by atoms with E-state index in [0.717, 1.165) is 0 Å². The van der Waals surface area contributed by atoms with Crippen LogP contribution < -0.4 is 9.64 Å². The molecule has 0 atom stereocenters. The van der Waals surface area contributed by atoms with Crippen molar-refractivity contribution >= 4 is 29.0 Å². The molecule has 3 rings (SSSR count). The molecule has 0 aliphatic rings. The van der Waals surface area contributed by atoms with E-state index >= 15 is 0 Å². The standard InChI is InChI=1S/C15H11N3O6/c1-23-13-9(3-2-6-16-13)8-4-5-11-10(7-8)12(17-24-11)18(14(19)20)15(21)22/h2-7H,1H3,(H,19,20)(H,21,22). The number of ether oxygens (including phenoxy) is 1. The van der Waals surface area contributed by atoms with Crippen molar-refractivity contribution in [3.63, 3.8) is 0 Å².